The Labute approximate surface area is 132 Å². The van der Waals surface area contributed by atoms with Crippen molar-refractivity contribution in [3.8, 4) is 12.3 Å². The highest BCUT2D eigenvalue weighted by atomic mass is 14.1. The number of hydrogen-bond acceptors (Lipinski definition) is 0. The minimum absolute atomic E-state index is 0.455. The molecule has 0 spiro atoms. The third-order valence-corrected chi connectivity index (χ3v) is 4.35. The van der Waals surface area contributed by atoms with Gasteiger partial charge in [0.05, 0.1) is 0 Å². The molecule has 0 N–H and O–H groups in total. The van der Waals surface area contributed by atoms with Gasteiger partial charge < -0.3 is 0 Å². The molecule has 2 atom stereocenters. The largest absolute Gasteiger partial charge is 0.120 e. The second kappa shape index (κ2) is 11.4. The van der Waals surface area contributed by atoms with Gasteiger partial charge in [-0.25, -0.2) is 0 Å². The Bertz CT molecular complexity index is 384. The maximum absolute atomic E-state index is 5.41. The second-order valence-electron chi connectivity index (χ2n) is 6.40. The lowest BCUT2D eigenvalue weighted by molar-refractivity contribution is 0.415. The summed E-state index contributed by atoms with van der Waals surface area (Å²) in [6, 6.07) is 11.0. The fourth-order valence-corrected chi connectivity index (χ4v) is 3.02. The molecule has 0 aliphatic carbocycles. The molecular weight excluding hydrogens is 252 g/mol. The zero-order valence-corrected chi connectivity index (χ0v) is 14.0. The maximum atomic E-state index is 5.41. The number of unbranched alkanes of at least 4 members (excludes halogenated alkanes) is 3. The van der Waals surface area contributed by atoms with Gasteiger partial charge in [-0.2, -0.15) is 0 Å². The summed E-state index contributed by atoms with van der Waals surface area (Å²) in [5.41, 5.74) is 1.50. The molecule has 0 heteroatoms. The van der Waals surface area contributed by atoms with Gasteiger partial charge in [-0.1, -0.05) is 89.1 Å². The number of benzene rings is 1. The summed E-state index contributed by atoms with van der Waals surface area (Å²) in [5, 5.41) is 0. The predicted octanol–water partition coefficient (Wildman–Crippen LogP) is 6.26. The fraction of sp³-hybridized carbons (Fsp3) is 0.619. The maximum Gasteiger partial charge on any atom is 0.0171 e. The molecule has 0 fully saturated rings. The van der Waals surface area contributed by atoms with E-state index in [4.69, 9.17) is 6.42 Å². The van der Waals surface area contributed by atoms with Gasteiger partial charge in [-0.05, 0) is 24.3 Å². The van der Waals surface area contributed by atoms with Crippen LogP contribution in [-0.4, -0.2) is 0 Å². The van der Waals surface area contributed by atoms with Gasteiger partial charge in [-0.15, -0.1) is 12.3 Å². The first-order valence-electron chi connectivity index (χ1n) is 8.76. The smallest absolute Gasteiger partial charge is 0.0171 e. The highest BCUT2D eigenvalue weighted by Crippen LogP contribution is 2.21. The molecule has 0 aliphatic rings. The van der Waals surface area contributed by atoms with Crippen LogP contribution in [0.5, 0.6) is 0 Å². The molecule has 1 aromatic rings. The van der Waals surface area contributed by atoms with E-state index in [1.165, 1.54) is 63.4 Å². The second-order valence-corrected chi connectivity index (χ2v) is 6.40. The van der Waals surface area contributed by atoms with Crippen molar-refractivity contribution in [3.63, 3.8) is 0 Å². The summed E-state index contributed by atoms with van der Waals surface area (Å²) in [5.74, 6) is 4.14. The van der Waals surface area contributed by atoms with Crippen molar-refractivity contribution in [2.24, 2.45) is 11.8 Å². The third kappa shape index (κ3) is 8.61. The Morgan fingerprint density at radius 2 is 1.62 bits per heavy atom. The van der Waals surface area contributed by atoms with Crippen molar-refractivity contribution in [1.29, 1.82) is 0 Å². The van der Waals surface area contributed by atoms with Gasteiger partial charge >= 0.3 is 0 Å². The summed E-state index contributed by atoms with van der Waals surface area (Å²) >= 11 is 0. The lowest BCUT2D eigenvalue weighted by Gasteiger charge is -2.16. The highest BCUT2D eigenvalue weighted by molar-refractivity contribution is 5.15. The minimum atomic E-state index is 0.455. The van der Waals surface area contributed by atoms with Gasteiger partial charge in [0.15, 0.2) is 0 Å². The lowest BCUT2D eigenvalue weighted by atomic mass is 9.90. The fourth-order valence-electron chi connectivity index (χ4n) is 3.02. The van der Waals surface area contributed by atoms with Crippen LogP contribution in [0.15, 0.2) is 30.3 Å². The Morgan fingerprint density at radius 3 is 2.24 bits per heavy atom. The van der Waals surface area contributed by atoms with E-state index in [-0.39, 0.29) is 0 Å². The number of terminal acetylenes is 1. The average Bonchev–Trinajstić information content (AvgIpc) is 2.51. The molecule has 0 heterocycles. The molecule has 116 valence electrons. The SMILES string of the molecule is C#CC(C)CCCCCCC(CCC)Cc1ccccc1. The first-order chi connectivity index (χ1) is 10.3. The molecular formula is C21H32. The molecule has 0 aliphatic heterocycles. The molecule has 1 aromatic carbocycles. The van der Waals surface area contributed by atoms with Crippen molar-refractivity contribution in [2.75, 3.05) is 0 Å². The first-order valence-corrected chi connectivity index (χ1v) is 8.76. The molecule has 1 rings (SSSR count). The van der Waals surface area contributed by atoms with Crippen LogP contribution in [0, 0.1) is 24.2 Å². The molecule has 0 bridgehead atoms. The summed E-state index contributed by atoms with van der Waals surface area (Å²) < 4.78 is 0. The lowest BCUT2D eigenvalue weighted by Crippen LogP contribution is -2.04. The van der Waals surface area contributed by atoms with Gasteiger partial charge in [-0.3, -0.25) is 0 Å². The summed E-state index contributed by atoms with van der Waals surface area (Å²) in [6.45, 7) is 4.45. The number of rotatable bonds is 11. The monoisotopic (exact) mass is 284 g/mol. The van der Waals surface area contributed by atoms with E-state index in [9.17, 15) is 0 Å². The van der Waals surface area contributed by atoms with E-state index in [1.807, 2.05) is 0 Å². The van der Waals surface area contributed by atoms with E-state index in [1.54, 1.807) is 0 Å². The Morgan fingerprint density at radius 1 is 0.952 bits per heavy atom. The van der Waals surface area contributed by atoms with E-state index >= 15 is 0 Å². The van der Waals surface area contributed by atoms with Crippen molar-refractivity contribution in [1.82, 2.24) is 0 Å². The molecule has 2 unspecified atom stereocenters. The van der Waals surface area contributed by atoms with Gasteiger partial charge in [0, 0.05) is 5.92 Å². The van der Waals surface area contributed by atoms with E-state index in [2.05, 4.69) is 50.1 Å². The summed E-state index contributed by atoms with van der Waals surface area (Å²) in [4.78, 5) is 0. The van der Waals surface area contributed by atoms with Crippen molar-refractivity contribution >= 4 is 0 Å². The van der Waals surface area contributed by atoms with Crippen LogP contribution in [-0.2, 0) is 6.42 Å². The number of hydrogen-bond donors (Lipinski definition) is 0. The van der Waals surface area contributed by atoms with Crippen LogP contribution in [0.1, 0.15) is 70.8 Å². The van der Waals surface area contributed by atoms with Crippen LogP contribution in [0.3, 0.4) is 0 Å². The highest BCUT2D eigenvalue weighted by Gasteiger charge is 2.08. The summed E-state index contributed by atoms with van der Waals surface area (Å²) in [7, 11) is 0. The Balaban J connectivity index is 2.18. The molecule has 0 saturated heterocycles. The molecule has 0 nitrogen and oxygen atoms in total. The van der Waals surface area contributed by atoms with Crippen LogP contribution in [0.2, 0.25) is 0 Å². The molecule has 0 amide bonds. The average molecular weight is 284 g/mol. The van der Waals surface area contributed by atoms with Gasteiger partial charge in [0.25, 0.3) is 0 Å². The van der Waals surface area contributed by atoms with Crippen molar-refractivity contribution < 1.29 is 0 Å². The predicted molar refractivity (Wildman–Crippen MR) is 94.2 cm³/mol. The Hall–Kier alpha value is -1.22. The quantitative estimate of drug-likeness (QED) is 0.332. The van der Waals surface area contributed by atoms with Crippen LogP contribution in [0.4, 0.5) is 0 Å². The molecule has 0 saturated carbocycles. The minimum Gasteiger partial charge on any atom is -0.120 e. The van der Waals surface area contributed by atoms with Gasteiger partial charge in [0.2, 0.25) is 0 Å². The molecule has 0 aromatic heterocycles. The standard InChI is InChI=1S/C21H32/c1-4-13-20(18-21-16-11-8-12-17-21)15-10-7-6-9-14-19(3)5-2/h2,8,11-12,16-17,19-20H,4,6-7,9-10,13-15,18H2,1,3H3. The van der Waals surface area contributed by atoms with Crippen LogP contribution in [0.25, 0.3) is 0 Å². The van der Waals surface area contributed by atoms with E-state index in [0.29, 0.717) is 5.92 Å². The van der Waals surface area contributed by atoms with Crippen molar-refractivity contribution in [2.45, 2.75) is 71.6 Å². The molecule has 21 heavy (non-hydrogen) atoms. The summed E-state index contributed by atoms with van der Waals surface area (Å²) in [6.07, 6.45) is 17.3. The van der Waals surface area contributed by atoms with Crippen LogP contribution < -0.4 is 0 Å². The van der Waals surface area contributed by atoms with Crippen LogP contribution >= 0.6 is 0 Å². The zero-order chi connectivity index (χ0) is 15.3. The molecule has 0 radical (unpaired) electrons. The topological polar surface area (TPSA) is 0 Å². The Kier molecular flexibility index (Phi) is 9.71. The third-order valence-electron chi connectivity index (χ3n) is 4.35. The normalized spacial score (nSPS) is 13.6. The zero-order valence-electron chi connectivity index (χ0n) is 14.0. The van der Waals surface area contributed by atoms with E-state index < -0.39 is 0 Å². The van der Waals surface area contributed by atoms with E-state index in [0.717, 1.165) is 5.92 Å². The van der Waals surface area contributed by atoms with Gasteiger partial charge in [0.1, 0.15) is 0 Å². The first kappa shape index (κ1) is 17.8. The van der Waals surface area contributed by atoms with Crippen molar-refractivity contribution in [3.05, 3.63) is 35.9 Å².